The summed E-state index contributed by atoms with van der Waals surface area (Å²) in [4.78, 5) is 21.9. The summed E-state index contributed by atoms with van der Waals surface area (Å²) in [7, 11) is 0. The van der Waals surface area contributed by atoms with E-state index in [-0.39, 0.29) is 17.6 Å². The van der Waals surface area contributed by atoms with Crippen LogP contribution in [0.2, 0.25) is 0 Å². The Bertz CT molecular complexity index is 742. The van der Waals surface area contributed by atoms with Gasteiger partial charge in [0.25, 0.3) is 5.69 Å². The normalized spacial score (nSPS) is 18.2. The molecule has 3 rings (SSSR count). The summed E-state index contributed by atoms with van der Waals surface area (Å²) in [6.45, 7) is 6.65. The molecule has 1 aliphatic rings. The van der Waals surface area contributed by atoms with Crippen LogP contribution in [-0.2, 0) is 0 Å². The molecule has 24 heavy (non-hydrogen) atoms. The highest BCUT2D eigenvalue weighted by atomic mass is 16.6. The zero-order valence-electron chi connectivity index (χ0n) is 14.2. The molecular formula is C16H22N6O2. The van der Waals surface area contributed by atoms with Gasteiger partial charge >= 0.3 is 0 Å². The van der Waals surface area contributed by atoms with Gasteiger partial charge in [-0.15, -0.1) is 0 Å². The average molecular weight is 330 g/mol. The number of aromatic nitrogens is 4. The summed E-state index contributed by atoms with van der Waals surface area (Å²) in [5, 5.41) is 18.4. The van der Waals surface area contributed by atoms with Gasteiger partial charge in [-0.25, -0.2) is 9.97 Å². The molecule has 0 spiro atoms. The van der Waals surface area contributed by atoms with Crippen LogP contribution in [0.3, 0.4) is 0 Å². The largest absolute Gasteiger partial charge is 0.346 e. The number of H-pyrrole nitrogens is 1. The number of nitro groups is 1. The van der Waals surface area contributed by atoms with Crippen molar-refractivity contribution in [1.29, 1.82) is 0 Å². The van der Waals surface area contributed by atoms with E-state index in [1.807, 2.05) is 0 Å². The van der Waals surface area contributed by atoms with Crippen LogP contribution in [0.4, 0.5) is 11.5 Å². The van der Waals surface area contributed by atoms with Crippen molar-refractivity contribution in [3.05, 3.63) is 39.6 Å². The molecule has 2 aromatic heterocycles. The number of piperidine rings is 1. The number of aromatic amines is 1. The van der Waals surface area contributed by atoms with Crippen LogP contribution in [0.1, 0.15) is 62.4 Å². The number of pyridine rings is 1. The Labute approximate surface area is 140 Å². The molecule has 8 nitrogen and oxygen atoms in total. The molecule has 2 aromatic rings. The van der Waals surface area contributed by atoms with Gasteiger partial charge in [-0.2, -0.15) is 5.10 Å². The minimum absolute atomic E-state index is 0.0501. The molecule has 1 saturated heterocycles. The summed E-state index contributed by atoms with van der Waals surface area (Å²) in [5.74, 6) is 2.68. The lowest BCUT2D eigenvalue weighted by atomic mass is 10.0. The predicted octanol–water partition coefficient (Wildman–Crippen LogP) is 3.27. The Morgan fingerprint density at radius 2 is 2.12 bits per heavy atom. The zero-order valence-corrected chi connectivity index (χ0v) is 14.2. The van der Waals surface area contributed by atoms with Gasteiger partial charge < -0.3 is 4.90 Å². The molecule has 0 aliphatic carbocycles. The van der Waals surface area contributed by atoms with Crippen LogP contribution < -0.4 is 4.90 Å². The van der Waals surface area contributed by atoms with Gasteiger partial charge in [-0.3, -0.25) is 15.2 Å². The number of rotatable bonds is 4. The summed E-state index contributed by atoms with van der Waals surface area (Å²) in [5.41, 5.74) is 0.483. The van der Waals surface area contributed by atoms with Crippen LogP contribution in [0.15, 0.2) is 12.1 Å². The first-order valence-corrected chi connectivity index (χ1v) is 8.28. The van der Waals surface area contributed by atoms with Gasteiger partial charge in [-0.1, -0.05) is 13.8 Å². The van der Waals surface area contributed by atoms with Crippen molar-refractivity contribution in [1.82, 2.24) is 20.2 Å². The van der Waals surface area contributed by atoms with Crippen molar-refractivity contribution in [3.63, 3.8) is 0 Å². The van der Waals surface area contributed by atoms with E-state index in [0.29, 0.717) is 5.69 Å². The Balaban J connectivity index is 1.92. The smallest absolute Gasteiger partial charge is 0.290 e. The molecule has 1 fully saturated rings. The molecule has 1 unspecified atom stereocenters. The van der Waals surface area contributed by atoms with Crippen LogP contribution in [0.5, 0.6) is 0 Å². The average Bonchev–Trinajstić information content (AvgIpc) is 3.04. The molecule has 3 heterocycles. The zero-order chi connectivity index (χ0) is 17.3. The maximum absolute atomic E-state index is 11.0. The highest BCUT2D eigenvalue weighted by Crippen LogP contribution is 2.34. The van der Waals surface area contributed by atoms with Crippen molar-refractivity contribution in [2.24, 2.45) is 0 Å². The molecule has 8 heteroatoms. The maximum atomic E-state index is 11.0. The molecule has 0 aromatic carbocycles. The molecule has 128 valence electrons. The second-order valence-corrected chi connectivity index (χ2v) is 6.47. The molecular weight excluding hydrogens is 308 g/mol. The van der Waals surface area contributed by atoms with Gasteiger partial charge in [0.15, 0.2) is 5.82 Å². The number of hydrogen-bond donors (Lipinski definition) is 1. The quantitative estimate of drug-likeness (QED) is 0.682. The van der Waals surface area contributed by atoms with E-state index in [0.717, 1.165) is 43.3 Å². The third-order valence-electron chi connectivity index (χ3n) is 4.39. The van der Waals surface area contributed by atoms with Gasteiger partial charge in [0, 0.05) is 18.5 Å². The lowest BCUT2D eigenvalue weighted by molar-refractivity contribution is -0.385. The SMILES string of the molecule is Cc1nc(N2CCCCC2c2nc(C(C)C)n[nH]2)ccc1[N+](=O)[O-]. The van der Waals surface area contributed by atoms with Crippen LogP contribution in [-0.4, -0.2) is 31.6 Å². The first kappa shape index (κ1) is 16.4. The van der Waals surface area contributed by atoms with Crippen molar-refractivity contribution < 1.29 is 4.92 Å². The van der Waals surface area contributed by atoms with Crippen LogP contribution >= 0.6 is 0 Å². The molecule has 0 radical (unpaired) electrons. The van der Waals surface area contributed by atoms with E-state index in [1.165, 1.54) is 6.07 Å². The fourth-order valence-electron chi connectivity index (χ4n) is 3.08. The van der Waals surface area contributed by atoms with E-state index in [4.69, 9.17) is 0 Å². The fraction of sp³-hybridized carbons (Fsp3) is 0.562. The molecule has 0 bridgehead atoms. The number of nitrogens with one attached hydrogen (secondary N) is 1. The van der Waals surface area contributed by atoms with Gasteiger partial charge in [-0.05, 0) is 32.3 Å². The number of anilines is 1. The number of hydrogen-bond acceptors (Lipinski definition) is 6. The summed E-state index contributed by atoms with van der Waals surface area (Å²) >= 11 is 0. The topological polar surface area (TPSA) is 101 Å². The maximum Gasteiger partial charge on any atom is 0.290 e. The first-order chi connectivity index (χ1) is 11.5. The number of aryl methyl sites for hydroxylation is 1. The van der Waals surface area contributed by atoms with Crippen molar-refractivity contribution >= 4 is 11.5 Å². The molecule has 1 N–H and O–H groups in total. The highest BCUT2D eigenvalue weighted by molar-refractivity contribution is 5.48. The lowest BCUT2D eigenvalue weighted by Crippen LogP contribution is -2.34. The number of nitrogens with zero attached hydrogens (tertiary/aromatic N) is 5. The van der Waals surface area contributed by atoms with E-state index in [2.05, 4.69) is 38.9 Å². The Morgan fingerprint density at radius 1 is 1.33 bits per heavy atom. The van der Waals surface area contributed by atoms with Crippen LogP contribution in [0, 0.1) is 17.0 Å². The van der Waals surface area contributed by atoms with Crippen molar-refractivity contribution in [2.45, 2.75) is 52.0 Å². The lowest BCUT2D eigenvalue weighted by Gasteiger charge is -2.35. The Kier molecular flexibility index (Phi) is 4.46. The second-order valence-electron chi connectivity index (χ2n) is 6.47. The third-order valence-corrected chi connectivity index (χ3v) is 4.39. The Morgan fingerprint density at radius 3 is 2.75 bits per heavy atom. The minimum Gasteiger partial charge on any atom is -0.346 e. The van der Waals surface area contributed by atoms with Gasteiger partial charge in [0.1, 0.15) is 17.3 Å². The molecule has 1 aliphatic heterocycles. The van der Waals surface area contributed by atoms with Gasteiger partial charge in [0.05, 0.1) is 11.0 Å². The summed E-state index contributed by atoms with van der Waals surface area (Å²) in [6.07, 6.45) is 3.15. The van der Waals surface area contributed by atoms with E-state index >= 15 is 0 Å². The highest BCUT2D eigenvalue weighted by Gasteiger charge is 2.29. The van der Waals surface area contributed by atoms with E-state index in [1.54, 1.807) is 13.0 Å². The second kappa shape index (κ2) is 6.54. The predicted molar refractivity (Wildman–Crippen MR) is 90.0 cm³/mol. The third kappa shape index (κ3) is 3.08. The fourth-order valence-corrected chi connectivity index (χ4v) is 3.08. The van der Waals surface area contributed by atoms with Gasteiger partial charge in [0.2, 0.25) is 0 Å². The van der Waals surface area contributed by atoms with Crippen molar-refractivity contribution in [3.8, 4) is 0 Å². The monoisotopic (exact) mass is 330 g/mol. The van der Waals surface area contributed by atoms with E-state index in [9.17, 15) is 10.1 Å². The molecule has 0 saturated carbocycles. The van der Waals surface area contributed by atoms with Crippen molar-refractivity contribution in [2.75, 3.05) is 11.4 Å². The summed E-state index contributed by atoms with van der Waals surface area (Å²) in [6, 6.07) is 3.33. The summed E-state index contributed by atoms with van der Waals surface area (Å²) < 4.78 is 0. The van der Waals surface area contributed by atoms with Crippen LogP contribution in [0.25, 0.3) is 0 Å². The molecule has 1 atom stereocenters. The molecule has 0 amide bonds. The Hall–Kier alpha value is -2.51. The minimum atomic E-state index is -0.398. The standard InChI is InChI=1S/C16H22N6O2/c1-10(2)15-18-16(20-19-15)13-6-4-5-9-21(13)14-8-7-12(22(23)24)11(3)17-14/h7-8,10,13H,4-6,9H2,1-3H3,(H,18,19,20). The van der Waals surface area contributed by atoms with E-state index < -0.39 is 4.92 Å². The first-order valence-electron chi connectivity index (χ1n) is 8.28.